The number of sulfonamides is 1. The van der Waals surface area contributed by atoms with E-state index in [1.54, 1.807) is 32.9 Å². The van der Waals surface area contributed by atoms with Crippen molar-refractivity contribution in [2.45, 2.75) is 43.7 Å². The van der Waals surface area contributed by atoms with Crippen LogP contribution in [0.15, 0.2) is 83.8 Å². The molecule has 0 aliphatic rings. The third-order valence-electron chi connectivity index (χ3n) is 4.79. The highest BCUT2D eigenvalue weighted by Crippen LogP contribution is 2.18. The summed E-state index contributed by atoms with van der Waals surface area (Å²) in [5, 5.41) is 2.94. The van der Waals surface area contributed by atoms with Crippen LogP contribution in [0.4, 0.5) is 4.39 Å². The molecule has 3 aromatic carbocycles. The Morgan fingerprint density at radius 1 is 0.941 bits per heavy atom. The number of nitrogens with one attached hydrogen (secondary N) is 2. The Hall–Kier alpha value is -3.23. The van der Waals surface area contributed by atoms with Crippen LogP contribution in [-0.4, -0.2) is 32.5 Å². The number of rotatable bonds is 9. The number of carbonyl (C=O) groups is 1. The zero-order valence-electron chi connectivity index (χ0n) is 19.4. The molecule has 0 aliphatic carbocycles. The first kappa shape index (κ1) is 25.4. The van der Waals surface area contributed by atoms with Gasteiger partial charge in [-0.2, -0.15) is 0 Å². The van der Waals surface area contributed by atoms with Gasteiger partial charge in [0.15, 0.2) is 0 Å². The normalized spacial score (nSPS) is 12.7. The van der Waals surface area contributed by atoms with Crippen molar-refractivity contribution < 1.29 is 22.3 Å². The van der Waals surface area contributed by atoms with Crippen LogP contribution in [-0.2, 0) is 16.4 Å². The Kier molecular flexibility index (Phi) is 8.06. The lowest BCUT2D eigenvalue weighted by Crippen LogP contribution is -2.41. The van der Waals surface area contributed by atoms with Crippen LogP contribution in [0.5, 0.6) is 5.75 Å². The van der Waals surface area contributed by atoms with Gasteiger partial charge in [-0.1, -0.05) is 30.3 Å². The Morgan fingerprint density at radius 3 is 2.15 bits per heavy atom. The molecule has 34 heavy (non-hydrogen) atoms. The highest BCUT2D eigenvalue weighted by Gasteiger charge is 2.22. The van der Waals surface area contributed by atoms with Crippen molar-refractivity contribution in [1.82, 2.24) is 10.0 Å². The summed E-state index contributed by atoms with van der Waals surface area (Å²) >= 11 is 0. The Morgan fingerprint density at radius 2 is 1.56 bits per heavy atom. The molecule has 2 N–H and O–H groups in total. The summed E-state index contributed by atoms with van der Waals surface area (Å²) in [6.07, 6.45) is 0.524. The third kappa shape index (κ3) is 7.67. The molecule has 0 saturated carbocycles. The van der Waals surface area contributed by atoms with E-state index >= 15 is 0 Å². The van der Waals surface area contributed by atoms with Gasteiger partial charge in [0, 0.05) is 11.1 Å². The lowest BCUT2D eigenvalue weighted by Gasteiger charge is -2.21. The molecule has 0 saturated heterocycles. The van der Waals surface area contributed by atoms with Gasteiger partial charge in [0.2, 0.25) is 10.0 Å². The van der Waals surface area contributed by atoms with E-state index in [9.17, 15) is 17.6 Å². The fourth-order valence-electron chi connectivity index (χ4n) is 3.29. The molecular formula is C26H29FN2O4S. The Balaban J connectivity index is 1.69. The molecule has 1 unspecified atom stereocenters. The van der Waals surface area contributed by atoms with Gasteiger partial charge >= 0.3 is 0 Å². The van der Waals surface area contributed by atoms with Gasteiger partial charge in [-0.05, 0) is 81.3 Å². The Bertz CT molecular complexity index is 1190. The lowest BCUT2D eigenvalue weighted by molar-refractivity contribution is 0.0921. The molecule has 180 valence electrons. The third-order valence-corrected chi connectivity index (χ3v) is 6.57. The van der Waals surface area contributed by atoms with Gasteiger partial charge in [-0.15, -0.1) is 0 Å². The van der Waals surface area contributed by atoms with Gasteiger partial charge in [0.1, 0.15) is 18.2 Å². The summed E-state index contributed by atoms with van der Waals surface area (Å²) < 4.78 is 46.6. The summed E-state index contributed by atoms with van der Waals surface area (Å²) in [4.78, 5) is 12.8. The van der Waals surface area contributed by atoms with Crippen molar-refractivity contribution in [3.63, 3.8) is 0 Å². The van der Waals surface area contributed by atoms with E-state index in [1.807, 2.05) is 30.3 Å². The van der Waals surface area contributed by atoms with E-state index in [0.717, 1.165) is 5.56 Å². The van der Waals surface area contributed by atoms with Crippen molar-refractivity contribution >= 4 is 15.9 Å². The summed E-state index contributed by atoms with van der Waals surface area (Å²) in [7, 11) is -3.65. The SMILES string of the molecule is CC(C)(C)NS(=O)(=O)c1ccc(OCC(Cc2ccccc2)NC(=O)c2ccc(F)cc2)cc1. The van der Waals surface area contributed by atoms with Crippen LogP contribution >= 0.6 is 0 Å². The second-order valence-corrected chi connectivity index (χ2v) is 10.7. The second kappa shape index (κ2) is 10.8. The number of carbonyl (C=O) groups excluding carboxylic acids is 1. The van der Waals surface area contributed by atoms with Crippen LogP contribution in [0.25, 0.3) is 0 Å². The molecule has 1 amide bonds. The monoisotopic (exact) mass is 484 g/mol. The number of halogens is 1. The average Bonchev–Trinajstić information content (AvgIpc) is 2.77. The molecule has 3 aromatic rings. The van der Waals surface area contributed by atoms with Crippen LogP contribution in [0.2, 0.25) is 0 Å². The van der Waals surface area contributed by atoms with Crippen molar-refractivity contribution in [3.05, 3.63) is 95.8 Å². The fourth-order valence-corrected chi connectivity index (χ4v) is 4.71. The largest absolute Gasteiger partial charge is 0.491 e. The molecular weight excluding hydrogens is 455 g/mol. The zero-order chi connectivity index (χ0) is 24.8. The summed E-state index contributed by atoms with van der Waals surface area (Å²) in [6.45, 7) is 5.48. The summed E-state index contributed by atoms with van der Waals surface area (Å²) in [5.41, 5.74) is 0.770. The van der Waals surface area contributed by atoms with E-state index in [-0.39, 0.29) is 23.5 Å². The van der Waals surface area contributed by atoms with Gasteiger partial charge in [-0.25, -0.2) is 17.5 Å². The van der Waals surface area contributed by atoms with Crippen LogP contribution < -0.4 is 14.8 Å². The minimum Gasteiger partial charge on any atom is -0.491 e. The molecule has 0 aromatic heterocycles. The molecule has 0 radical (unpaired) electrons. The molecule has 0 spiro atoms. The molecule has 1 atom stereocenters. The predicted molar refractivity (Wildman–Crippen MR) is 130 cm³/mol. The first-order chi connectivity index (χ1) is 16.0. The topological polar surface area (TPSA) is 84.5 Å². The minimum absolute atomic E-state index is 0.139. The number of amides is 1. The van der Waals surface area contributed by atoms with Crippen molar-refractivity contribution in [1.29, 1.82) is 0 Å². The average molecular weight is 485 g/mol. The van der Waals surface area contributed by atoms with Crippen molar-refractivity contribution in [2.75, 3.05) is 6.61 Å². The smallest absolute Gasteiger partial charge is 0.251 e. The number of ether oxygens (including phenoxy) is 1. The van der Waals surface area contributed by atoms with E-state index in [0.29, 0.717) is 17.7 Å². The van der Waals surface area contributed by atoms with E-state index < -0.39 is 21.4 Å². The van der Waals surface area contributed by atoms with Crippen LogP contribution in [0.3, 0.4) is 0 Å². The quantitative estimate of drug-likeness (QED) is 0.474. The zero-order valence-corrected chi connectivity index (χ0v) is 20.2. The molecule has 0 heterocycles. The van der Waals surface area contributed by atoms with E-state index in [1.165, 1.54) is 36.4 Å². The summed E-state index contributed by atoms with van der Waals surface area (Å²) in [5.74, 6) is -0.271. The maximum atomic E-state index is 13.2. The first-order valence-corrected chi connectivity index (χ1v) is 12.4. The molecule has 6 nitrogen and oxygen atoms in total. The maximum Gasteiger partial charge on any atom is 0.251 e. The maximum absolute atomic E-state index is 13.2. The standard InChI is InChI=1S/C26H29FN2O4S/c1-26(2,3)29-34(31,32)24-15-13-23(14-16-24)33-18-22(17-19-7-5-4-6-8-19)28-25(30)20-9-11-21(27)12-10-20/h4-16,22,29H,17-18H2,1-3H3,(H,28,30). The predicted octanol–water partition coefficient (Wildman–Crippen LogP) is 4.32. The van der Waals surface area contributed by atoms with E-state index in [4.69, 9.17) is 4.74 Å². The highest BCUT2D eigenvalue weighted by molar-refractivity contribution is 7.89. The first-order valence-electron chi connectivity index (χ1n) is 10.9. The van der Waals surface area contributed by atoms with Crippen LogP contribution in [0, 0.1) is 5.82 Å². The molecule has 0 fully saturated rings. The molecule has 8 heteroatoms. The minimum atomic E-state index is -3.65. The van der Waals surface area contributed by atoms with Crippen LogP contribution in [0.1, 0.15) is 36.7 Å². The van der Waals surface area contributed by atoms with Gasteiger partial charge in [0.25, 0.3) is 5.91 Å². The molecule has 0 aliphatic heterocycles. The highest BCUT2D eigenvalue weighted by atomic mass is 32.2. The number of hydrogen-bond acceptors (Lipinski definition) is 4. The molecule has 0 bridgehead atoms. The van der Waals surface area contributed by atoms with Gasteiger partial charge in [-0.3, -0.25) is 4.79 Å². The van der Waals surface area contributed by atoms with Gasteiger partial charge < -0.3 is 10.1 Å². The Labute approximate surface area is 200 Å². The second-order valence-electron chi connectivity index (χ2n) is 9.00. The lowest BCUT2D eigenvalue weighted by atomic mass is 10.1. The molecule has 3 rings (SSSR count). The summed E-state index contributed by atoms with van der Waals surface area (Å²) in [6, 6.07) is 20.7. The van der Waals surface area contributed by atoms with Gasteiger partial charge in [0.05, 0.1) is 10.9 Å². The van der Waals surface area contributed by atoms with E-state index in [2.05, 4.69) is 10.0 Å². The van der Waals surface area contributed by atoms with Crippen molar-refractivity contribution in [3.8, 4) is 5.75 Å². The number of hydrogen-bond donors (Lipinski definition) is 2. The number of benzene rings is 3. The fraction of sp³-hybridized carbons (Fsp3) is 0.269. The van der Waals surface area contributed by atoms with Crippen molar-refractivity contribution in [2.24, 2.45) is 0 Å².